The number of likely N-dealkylation sites (N-methyl/N-ethyl adjacent to an activating group) is 1. The molecule has 0 aliphatic heterocycles. The zero-order valence-electron chi connectivity index (χ0n) is 20.4. The molecule has 3 aromatic rings. The Hall–Kier alpha value is -3.16. The number of rotatable bonds is 13. The fourth-order valence-electron chi connectivity index (χ4n) is 3.45. The minimum atomic E-state index is -4.73. The Labute approximate surface area is 226 Å². The summed E-state index contributed by atoms with van der Waals surface area (Å²) in [5, 5.41) is 8.67. The van der Waals surface area contributed by atoms with Crippen LogP contribution in [0, 0.1) is 6.92 Å². The highest BCUT2D eigenvalue weighted by Crippen LogP contribution is 2.23. The molecule has 3 rings (SSSR count). The minimum absolute atomic E-state index is 0.0631. The number of hydrogen-bond acceptors (Lipinski definition) is 7. The van der Waals surface area contributed by atoms with E-state index in [1.54, 1.807) is 17.1 Å². The number of alkyl halides is 4. The number of ketones is 1. The van der Waals surface area contributed by atoms with Gasteiger partial charge in [-0.2, -0.15) is 5.10 Å². The van der Waals surface area contributed by atoms with Crippen molar-refractivity contribution in [2.45, 2.75) is 39.7 Å². The number of anilines is 1. The molecular formula is C25H27F3IN5O3. The van der Waals surface area contributed by atoms with Gasteiger partial charge in [0.1, 0.15) is 12.4 Å². The van der Waals surface area contributed by atoms with E-state index in [0.29, 0.717) is 29.4 Å². The van der Waals surface area contributed by atoms with Gasteiger partial charge in [-0.05, 0) is 50.1 Å². The summed E-state index contributed by atoms with van der Waals surface area (Å²) in [5.74, 6) is -0.236. The van der Waals surface area contributed by atoms with E-state index in [4.69, 9.17) is 4.84 Å². The molecule has 12 heteroatoms. The quantitative estimate of drug-likeness (QED) is 0.105. The maximum atomic E-state index is 12.8. The van der Waals surface area contributed by atoms with Crippen molar-refractivity contribution in [3.8, 4) is 11.4 Å². The SMILES string of the molecule is CCN(CC(=O)CC/C(CI)=N/OCc1ccc(OC(F)(F)F)cc1)c1cn(-c2cccnc2)nc1C. The molecule has 2 aromatic heterocycles. The van der Waals surface area contributed by atoms with Crippen LogP contribution in [-0.4, -0.2) is 50.1 Å². The summed E-state index contributed by atoms with van der Waals surface area (Å²) in [6.07, 6.45) is 1.35. The molecule has 0 unspecified atom stereocenters. The van der Waals surface area contributed by atoms with Gasteiger partial charge in [-0.1, -0.05) is 39.9 Å². The van der Waals surface area contributed by atoms with Crippen molar-refractivity contribution < 1.29 is 27.5 Å². The Kier molecular flexibility index (Phi) is 10.3. The summed E-state index contributed by atoms with van der Waals surface area (Å²) < 4.78 is 43.0. The third kappa shape index (κ3) is 9.02. The Morgan fingerprint density at radius 1 is 1.19 bits per heavy atom. The Bertz CT molecular complexity index is 1180. The van der Waals surface area contributed by atoms with E-state index in [1.807, 2.05) is 37.1 Å². The fraction of sp³-hybridized carbons (Fsp3) is 0.360. The molecule has 1 aromatic carbocycles. The first-order chi connectivity index (χ1) is 17.7. The van der Waals surface area contributed by atoms with Gasteiger partial charge >= 0.3 is 6.36 Å². The third-order valence-electron chi connectivity index (χ3n) is 5.30. The maximum absolute atomic E-state index is 12.8. The summed E-state index contributed by atoms with van der Waals surface area (Å²) in [7, 11) is 0. The summed E-state index contributed by atoms with van der Waals surface area (Å²) in [5.41, 5.74) is 3.90. The van der Waals surface area contributed by atoms with Crippen molar-refractivity contribution >= 4 is 39.8 Å². The molecular weight excluding hydrogens is 602 g/mol. The molecule has 0 saturated heterocycles. The molecule has 8 nitrogen and oxygen atoms in total. The standard InChI is InChI=1S/C25H27F3IN5O3/c1-3-33(24-16-34(31-18(24)2)21-5-4-12-30-14-21)15-22(35)9-8-20(13-29)32-36-17-19-6-10-23(11-7-19)37-25(26,27)28/h4-7,10-12,14,16H,3,8-9,13,15,17H2,1-2H3/b32-20-. The van der Waals surface area contributed by atoms with Crippen LogP contribution in [0.5, 0.6) is 5.75 Å². The third-order valence-corrected chi connectivity index (χ3v) is 6.18. The lowest BCUT2D eigenvalue weighted by molar-refractivity contribution is -0.274. The van der Waals surface area contributed by atoms with Crippen LogP contribution in [0.3, 0.4) is 0 Å². The number of carbonyl (C=O) groups is 1. The van der Waals surface area contributed by atoms with Crippen molar-refractivity contribution in [3.05, 3.63) is 66.2 Å². The Morgan fingerprint density at radius 2 is 1.95 bits per heavy atom. The van der Waals surface area contributed by atoms with Gasteiger partial charge in [-0.25, -0.2) is 4.68 Å². The van der Waals surface area contributed by atoms with Crippen LogP contribution in [0.15, 0.2) is 60.1 Å². The summed E-state index contributed by atoms with van der Waals surface area (Å²) >= 11 is 2.15. The van der Waals surface area contributed by atoms with E-state index in [2.05, 4.69) is 42.6 Å². The van der Waals surface area contributed by atoms with E-state index in [0.717, 1.165) is 22.8 Å². The van der Waals surface area contributed by atoms with Crippen molar-refractivity contribution in [1.29, 1.82) is 0 Å². The molecule has 198 valence electrons. The molecule has 2 heterocycles. The van der Waals surface area contributed by atoms with E-state index >= 15 is 0 Å². The maximum Gasteiger partial charge on any atom is 0.573 e. The van der Waals surface area contributed by atoms with Gasteiger partial charge in [0.2, 0.25) is 0 Å². The number of nitrogens with zero attached hydrogens (tertiary/aromatic N) is 5. The lowest BCUT2D eigenvalue weighted by atomic mass is 10.1. The fourth-order valence-corrected chi connectivity index (χ4v) is 3.97. The normalized spacial score (nSPS) is 11.9. The van der Waals surface area contributed by atoms with Gasteiger partial charge in [0.05, 0.1) is 41.7 Å². The number of pyridine rings is 1. The van der Waals surface area contributed by atoms with Crippen LogP contribution in [0.4, 0.5) is 18.9 Å². The van der Waals surface area contributed by atoms with Crippen LogP contribution in [0.1, 0.15) is 31.0 Å². The molecule has 0 spiro atoms. The van der Waals surface area contributed by atoms with Gasteiger partial charge in [0.15, 0.2) is 5.78 Å². The van der Waals surface area contributed by atoms with Crippen LogP contribution in [0.25, 0.3) is 5.69 Å². The highest BCUT2D eigenvalue weighted by molar-refractivity contribution is 14.1. The van der Waals surface area contributed by atoms with Gasteiger partial charge in [0, 0.05) is 23.6 Å². The second-order valence-corrected chi connectivity index (χ2v) is 8.83. The molecule has 0 aliphatic carbocycles. The molecule has 37 heavy (non-hydrogen) atoms. The number of Topliss-reactive ketones (excluding diaryl/α,β-unsaturated/α-hetero) is 1. The molecule has 0 saturated carbocycles. The monoisotopic (exact) mass is 629 g/mol. The Balaban J connectivity index is 1.50. The average molecular weight is 629 g/mol. The lowest BCUT2D eigenvalue weighted by Crippen LogP contribution is -2.30. The second kappa shape index (κ2) is 13.4. The first kappa shape index (κ1) is 28.4. The minimum Gasteiger partial charge on any atom is -0.406 e. The van der Waals surface area contributed by atoms with Crippen molar-refractivity contribution in [1.82, 2.24) is 14.8 Å². The predicted molar refractivity (Wildman–Crippen MR) is 142 cm³/mol. The van der Waals surface area contributed by atoms with E-state index in [-0.39, 0.29) is 24.7 Å². The second-order valence-electron chi connectivity index (χ2n) is 8.06. The van der Waals surface area contributed by atoms with Crippen molar-refractivity contribution in [2.24, 2.45) is 5.16 Å². The topological polar surface area (TPSA) is 81.8 Å². The molecule has 0 radical (unpaired) electrons. The summed E-state index contributed by atoms with van der Waals surface area (Å²) in [6.45, 7) is 4.88. The molecule has 0 N–H and O–H groups in total. The first-order valence-corrected chi connectivity index (χ1v) is 13.0. The molecule has 0 amide bonds. The number of halogens is 4. The van der Waals surface area contributed by atoms with Crippen LogP contribution in [-0.2, 0) is 16.2 Å². The van der Waals surface area contributed by atoms with Crippen LogP contribution in [0.2, 0.25) is 0 Å². The number of aromatic nitrogens is 3. The number of ether oxygens (including phenoxy) is 1. The first-order valence-electron chi connectivity index (χ1n) is 11.5. The molecule has 0 aliphatic rings. The number of hydrogen-bond donors (Lipinski definition) is 0. The summed E-state index contributed by atoms with van der Waals surface area (Å²) in [6, 6.07) is 9.13. The number of benzene rings is 1. The summed E-state index contributed by atoms with van der Waals surface area (Å²) in [4.78, 5) is 24.2. The molecule has 0 fully saturated rings. The Morgan fingerprint density at radius 3 is 2.57 bits per heavy atom. The van der Waals surface area contributed by atoms with Gasteiger partial charge in [-0.3, -0.25) is 9.78 Å². The van der Waals surface area contributed by atoms with Gasteiger partial charge in [0.25, 0.3) is 0 Å². The number of aryl methyl sites for hydroxylation is 1. The predicted octanol–water partition coefficient (Wildman–Crippen LogP) is 5.66. The molecule has 0 bridgehead atoms. The smallest absolute Gasteiger partial charge is 0.406 e. The number of oxime groups is 1. The van der Waals surface area contributed by atoms with Crippen molar-refractivity contribution in [3.63, 3.8) is 0 Å². The zero-order chi connectivity index (χ0) is 26.8. The van der Waals surface area contributed by atoms with E-state index in [1.165, 1.54) is 24.3 Å². The largest absolute Gasteiger partial charge is 0.573 e. The van der Waals surface area contributed by atoms with Gasteiger partial charge < -0.3 is 14.5 Å². The average Bonchev–Trinajstić information content (AvgIpc) is 3.26. The van der Waals surface area contributed by atoms with Crippen LogP contribution >= 0.6 is 22.6 Å². The highest BCUT2D eigenvalue weighted by atomic mass is 127. The van der Waals surface area contributed by atoms with E-state index in [9.17, 15) is 18.0 Å². The number of carbonyl (C=O) groups excluding carboxylic acids is 1. The van der Waals surface area contributed by atoms with Crippen molar-refractivity contribution in [2.75, 3.05) is 22.4 Å². The van der Waals surface area contributed by atoms with Gasteiger partial charge in [-0.15, -0.1) is 13.2 Å². The van der Waals surface area contributed by atoms with Crippen LogP contribution < -0.4 is 9.64 Å². The molecule has 0 atom stereocenters. The van der Waals surface area contributed by atoms with E-state index < -0.39 is 6.36 Å². The highest BCUT2D eigenvalue weighted by Gasteiger charge is 2.30. The zero-order valence-corrected chi connectivity index (χ0v) is 22.6. The lowest BCUT2D eigenvalue weighted by Gasteiger charge is -2.21.